The molecule has 0 fully saturated rings. The van der Waals surface area contributed by atoms with E-state index in [2.05, 4.69) is 12.2 Å². The first-order chi connectivity index (χ1) is 11.5. The van der Waals surface area contributed by atoms with E-state index in [9.17, 15) is 9.59 Å². The first-order valence-electron chi connectivity index (χ1n) is 7.71. The van der Waals surface area contributed by atoms with Crippen LogP contribution in [0.25, 0.3) is 0 Å². The fraction of sp³-hybridized carbons (Fsp3) is 0.412. The number of carbonyl (C=O) groups is 2. The van der Waals surface area contributed by atoms with Gasteiger partial charge < -0.3 is 15.0 Å². The van der Waals surface area contributed by atoms with E-state index < -0.39 is 12.0 Å². The van der Waals surface area contributed by atoms with Gasteiger partial charge in [0, 0.05) is 23.5 Å². The summed E-state index contributed by atoms with van der Waals surface area (Å²) in [4.78, 5) is 26.1. The maximum Gasteiger partial charge on any atom is 0.338 e. The Morgan fingerprint density at radius 3 is 2.67 bits per heavy atom. The number of urea groups is 1. The molecule has 0 spiro atoms. The number of nitrogens with zero attached hydrogens (tertiary/aromatic N) is 1. The molecular formula is C17H21ClN2O3S. The Bertz CT molecular complexity index is 646. The fourth-order valence-corrected chi connectivity index (χ4v) is 3.04. The van der Waals surface area contributed by atoms with E-state index in [1.807, 2.05) is 0 Å². The highest BCUT2D eigenvalue weighted by molar-refractivity contribution is 7.99. The summed E-state index contributed by atoms with van der Waals surface area (Å²) >= 11 is 7.64. The van der Waals surface area contributed by atoms with Gasteiger partial charge in [-0.05, 0) is 30.4 Å². The predicted octanol–water partition coefficient (Wildman–Crippen LogP) is 3.61. The molecule has 2 rings (SSSR count). The van der Waals surface area contributed by atoms with Gasteiger partial charge in [-0.15, -0.1) is 0 Å². The zero-order chi connectivity index (χ0) is 17.7. The van der Waals surface area contributed by atoms with E-state index in [4.69, 9.17) is 16.3 Å². The third-order valence-electron chi connectivity index (χ3n) is 3.84. The monoisotopic (exact) mass is 368 g/mol. The van der Waals surface area contributed by atoms with Gasteiger partial charge in [0.2, 0.25) is 0 Å². The molecule has 1 aromatic rings. The predicted molar refractivity (Wildman–Crippen MR) is 97.1 cm³/mol. The van der Waals surface area contributed by atoms with Crippen molar-refractivity contribution in [3.05, 3.63) is 46.1 Å². The largest absolute Gasteiger partial charge is 0.461 e. The number of amides is 2. The van der Waals surface area contributed by atoms with Crippen molar-refractivity contribution in [2.75, 3.05) is 25.2 Å². The number of hydrogen-bond donors (Lipinski definition) is 1. The van der Waals surface area contributed by atoms with Gasteiger partial charge in [-0.3, -0.25) is 0 Å². The van der Waals surface area contributed by atoms with Crippen molar-refractivity contribution in [3.8, 4) is 0 Å². The summed E-state index contributed by atoms with van der Waals surface area (Å²) in [6.07, 6.45) is 0. The molecule has 0 unspecified atom stereocenters. The lowest BCUT2D eigenvalue weighted by Gasteiger charge is -2.33. The Balaban J connectivity index is 2.28. The molecule has 0 saturated heterocycles. The molecule has 24 heavy (non-hydrogen) atoms. The van der Waals surface area contributed by atoms with Crippen molar-refractivity contribution >= 4 is 35.4 Å². The molecule has 1 heterocycles. The van der Waals surface area contributed by atoms with Crippen LogP contribution in [0.15, 0.2) is 35.5 Å². The highest BCUT2D eigenvalue weighted by Gasteiger charge is 2.34. The summed E-state index contributed by atoms with van der Waals surface area (Å²) in [5, 5.41) is 3.44. The van der Waals surface area contributed by atoms with Crippen LogP contribution in [0, 0.1) is 0 Å². The number of thioether (sulfide) groups is 1. The van der Waals surface area contributed by atoms with E-state index in [1.165, 1.54) is 4.90 Å². The molecule has 1 aliphatic rings. The Kier molecular flexibility index (Phi) is 6.57. The Labute approximate surface area is 151 Å². The average molecular weight is 369 g/mol. The third kappa shape index (κ3) is 4.24. The van der Waals surface area contributed by atoms with Gasteiger partial charge in [-0.1, -0.05) is 30.7 Å². The topological polar surface area (TPSA) is 58.6 Å². The van der Waals surface area contributed by atoms with Gasteiger partial charge in [-0.2, -0.15) is 11.8 Å². The maximum atomic E-state index is 12.6. The normalized spacial score (nSPS) is 17.8. The van der Waals surface area contributed by atoms with Crippen LogP contribution in [0.1, 0.15) is 25.5 Å². The zero-order valence-electron chi connectivity index (χ0n) is 14.0. The smallest absolute Gasteiger partial charge is 0.338 e. The number of hydrogen-bond acceptors (Lipinski definition) is 4. The quantitative estimate of drug-likeness (QED) is 0.615. The lowest BCUT2D eigenvalue weighted by molar-refractivity contribution is -0.139. The minimum atomic E-state index is -0.544. The summed E-state index contributed by atoms with van der Waals surface area (Å²) in [7, 11) is 1.63. The third-order valence-corrected chi connectivity index (χ3v) is 4.96. The number of rotatable bonds is 6. The number of nitrogens with one attached hydrogen (secondary N) is 1. The van der Waals surface area contributed by atoms with Crippen molar-refractivity contribution in [2.24, 2.45) is 0 Å². The van der Waals surface area contributed by atoms with Gasteiger partial charge >= 0.3 is 12.0 Å². The van der Waals surface area contributed by atoms with Gasteiger partial charge in [0.15, 0.2) is 0 Å². The van der Waals surface area contributed by atoms with E-state index in [1.54, 1.807) is 50.0 Å². The molecule has 1 aromatic carbocycles. The molecule has 0 radical (unpaired) electrons. The average Bonchev–Trinajstić information content (AvgIpc) is 2.57. The van der Waals surface area contributed by atoms with Crippen LogP contribution < -0.4 is 5.32 Å². The molecule has 7 heteroatoms. The van der Waals surface area contributed by atoms with Crippen molar-refractivity contribution in [1.82, 2.24) is 10.2 Å². The second kappa shape index (κ2) is 8.44. The van der Waals surface area contributed by atoms with E-state index in [0.29, 0.717) is 22.9 Å². The second-order valence-corrected chi connectivity index (χ2v) is 7.16. The van der Waals surface area contributed by atoms with Crippen molar-refractivity contribution in [1.29, 1.82) is 0 Å². The number of carbonyl (C=O) groups excluding carboxylic acids is 2. The highest BCUT2D eigenvalue weighted by atomic mass is 35.5. The van der Waals surface area contributed by atoms with E-state index in [0.717, 1.165) is 17.1 Å². The molecule has 0 aromatic heterocycles. The first-order valence-corrected chi connectivity index (χ1v) is 9.24. The van der Waals surface area contributed by atoms with E-state index >= 15 is 0 Å². The number of ether oxygens (including phenoxy) is 1. The minimum absolute atomic E-state index is 0.259. The summed E-state index contributed by atoms with van der Waals surface area (Å²) in [5.41, 5.74) is 1.82. The minimum Gasteiger partial charge on any atom is -0.461 e. The van der Waals surface area contributed by atoms with Crippen LogP contribution in [-0.2, 0) is 9.53 Å². The fourth-order valence-electron chi connectivity index (χ4n) is 2.42. The molecular weight excluding hydrogens is 348 g/mol. The van der Waals surface area contributed by atoms with Gasteiger partial charge in [0.1, 0.15) is 6.61 Å². The maximum absolute atomic E-state index is 12.6. The number of allylic oxidation sites excluding steroid dienone is 1. The summed E-state index contributed by atoms with van der Waals surface area (Å²) < 4.78 is 5.39. The summed E-state index contributed by atoms with van der Waals surface area (Å²) in [6, 6.07) is 6.26. The summed E-state index contributed by atoms with van der Waals surface area (Å²) in [5.74, 6) is 1.32. The molecule has 1 aliphatic heterocycles. The van der Waals surface area contributed by atoms with Gasteiger partial charge in [-0.25, -0.2) is 9.59 Å². The molecule has 2 amide bonds. The van der Waals surface area contributed by atoms with E-state index in [-0.39, 0.29) is 6.03 Å². The molecule has 0 saturated carbocycles. The standard InChI is InChI=1S/C17H21ClN2O3S/c1-4-24-10-9-23-16(21)14-11(2)20(3)17(22)19-15(14)12-5-7-13(18)8-6-12/h5-8,15H,4,9-10H2,1-3H3,(H,19,22)/t15-/m0/s1. The molecule has 1 N–H and O–H groups in total. The van der Waals surface area contributed by atoms with Crippen molar-refractivity contribution in [3.63, 3.8) is 0 Å². The highest BCUT2D eigenvalue weighted by Crippen LogP contribution is 2.31. The molecule has 0 bridgehead atoms. The van der Waals surface area contributed by atoms with Crippen LogP contribution in [0.4, 0.5) is 4.79 Å². The molecule has 0 aliphatic carbocycles. The number of benzene rings is 1. The van der Waals surface area contributed by atoms with Crippen LogP contribution in [0.3, 0.4) is 0 Å². The van der Waals surface area contributed by atoms with Crippen molar-refractivity contribution in [2.45, 2.75) is 19.9 Å². The molecule has 130 valence electrons. The zero-order valence-corrected chi connectivity index (χ0v) is 15.5. The first kappa shape index (κ1) is 18.7. The van der Waals surface area contributed by atoms with Crippen LogP contribution in [-0.4, -0.2) is 42.1 Å². The van der Waals surface area contributed by atoms with Gasteiger partial charge in [0.05, 0.1) is 11.6 Å². The number of halogens is 1. The molecule has 5 nitrogen and oxygen atoms in total. The van der Waals surface area contributed by atoms with Crippen molar-refractivity contribution < 1.29 is 14.3 Å². The lowest BCUT2D eigenvalue weighted by Crippen LogP contribution is -2.46. The van der Waals surface area contributed by atoms with Crippen LogP contribution in [0.5, 0.6) is 0 Å². The van der Waals surface area contributed by atoms with Crippen LogP contribution in [0.2, 0.25) is 5.02 Å². The molecule has 1 atom stereocenters. The Morgan fingerprint density at radius 2 is 2.04 bits per heavy atom. The Hall–Kier alpha value is -1.66. The SMILES string of the molecule is CCSCCOC(=O)C1=C(C)N(C)C(=O)N[C@H]1c1ccc(Cl)cc1. The van der Waals surface area contributed by atoms with Crippen LogP contribution >= 0.6 is 23.4 Å². The number of esters is 1. The second-order valence-electron chi connectivity index (χ2n) is 5.32. The lowest BCUT2D eigenvalue weighted by atomic mass is 9.95. The Morgan fingerprint density at radius 1 is 1.38 bits per heavy atom. The summed E-state index contributed by atoms with van der Waals surface area (Å²) in [6.45, 7) is 4.15. The van der Waals surface area contributed by atoms with Gasteiger partial charge in [0.25, 0.3) is 0 Å².